The predicted molar refractivity (Wildman–Crippen MR) is 231 cm³/mol. The average molecular weight is 702 g/mol. The summed E-state index contributed by atoms with van der Waals surface area (Å²) in [6.07, 6.45) is 0. The van der Waals surface area contributed by atoms with Crippen LogP contribution in [0.15, 0.2) is 212 Å². The Kier molecular flexibility index (Phi) is 7.17. The van der Waals surface area contributed by atoms with Gasteiger partial charge in [0, 0.05) is 38.6 Å². The van der Waals surface area contributed by atoms with Crippen LogP contribution >= 0.6 is 0 Å². The van der Waals surface area contributed by atoms with E-state index in [0.29, 0.717) is 0 Å². The normalized spacial score (nSPS) is 11.6. The number of rotatable bonds is 6. The van der Waals surface area contributed by atoms with Crippen molar-refractivity contribution in [3.05, 3.63) is 212 Å². The molecule has 0 unspecified atom stereocenters. The van der Waals surface area contributed by atoms with Gasteiger partial charge in [-0.1, -0.05) is 146 Å². The largest absolute Gasteiger partial charge is 0.309 e. The molecule has 55 heavy (non-hydrogen) atoms. The molecule has 8 aromatic carbocycles. The SMILES string of the molecule is c1ccc(-c2cc3ccccc3n2-c2cc(-c3ccc(-n4c5ccccc5c5ccccc54)cc3)cc(-n3c(-c4ccccc4)cc4ccccc43)c2)cc1. The Balaban J connectivity index is 1.16. The lowest BCUT2D eigenvalue weighted by atomic mass is 10.0. The second kappa shape index (κ2) is 12.6. The smallest absolute Gasteiger partial charge is 0.0541 e. The molecule has 258 valence electrons. The number of hydrogen-bond acceptors (Lipinski definition) is 0. The minimum Gasteiger partial charge on any atom is -0.309 e. The number of nitrogens with zero attached hydrogens (tertiary/aromatic N) is 3. The minimum atomic E-state index is 1.11. The molecule has 3 heteroatoms. The quantitative estimate of drug-likeness (QED) is 0.164. The van der Waals surface area contributed by atoms with E-state index < -0.39 is 0 Å². The van der Waals surface area contributed by atoms with E-state index in [1.807, 2.05) is 0 Å². The zero-order chi connectivity index (χ0) is 36.3. The van der Waals surface area contributed by atoms with Crippen LogP contribution in [0.1, 0.15) is 0 Å². The van der Waals surface area contributed by atoms with Crippen LogP contribution < -0.4 is 0 Å². The van der Waals surface area contributed by atoms with E-state index in [1.54, 1.807) is 0 Å². The topological polar surface area (TPSA) is 14.8 Å². The number of hydrogen-bond donors (Lipinski definition) is 0. The van der Waals surface area contributed by atoms with Crippen molar-refractivity contribution in [1.82, 2.24) is 13.7 Å². The number of para-hydroxylation sites is 4. The Labute approximate surface area is 319 Å². The summed E-state index contributed by atoms with van der Waals surface area (Å²) in [5.74, 6) is 0. The standard InChI is InChI=1S/C52H35N3/c1-3-15-37(16-4-1)51-33-39-19-7-11-23-47(39)54(51)43-31-41(32-44(35-43)55-48-24-12-8-20-40(48)34-52(55)38-17-5-2-6-18-38)36-27-29-42(30-28-36)53-49-25-13-9-21-45(49)46-22-10-14-26-50(46)53/h1-35H. The molecule has 0 aliphatic heterocycles. The van der Waals surface area contributed by atoms with E-state index in [0.717, 1.165) is 39.6 Å². The first-order valence-electron chi connectivity index (χ1n) is 18.9. The highest BCUT2D eigenvalue weighted by molar-refractivity contribution is 6.09. The molecule has 0 N–H and O–H groups in total. The Morgan fingerprint density at radius 3 is 1.15 bits per heavy atom. The van der Waals surface area contributed by atoms with Gasteiger partial charge < -0.3 is 13.7 Å². The van der Waals surface area contributed by atoms with Gasteiger partial charge in [0.15, 0.2) is 0 Å². The van der Waals surface area contributed by atoms with Crippen LogP contribution in [-0.4, -0.2) is 13.7 Å². The molecule has 0 bridgehead atoms. The van der Waals surface area contributed by atoms with E-state index in [-0.39, 0.29) is 0 Å². The first kappa shape index (κ1) is 31.2. The molecule has 0 saturated heterocycles. The first-order valence-corrected chi connectivity index (χ1v) is 18.9. The van der Waals surface area contributed by atoms with Gasteiger partial charge in [-0.3, -0.25) is 0 Å². The molecule has 0 spiro atoms. The Hall–Kier alpha value is -7.36. The molecule has 0 fully saturated rings. The van der Waals surface area contributed by atoms with Crippen molar-refractivity contribution in [1.29, 1.82) is 0 Å². The third-order valence-corrected chi connectivity index (χ3v) is 11.0. The third kappa shape index (κ3) is 5.13. The molecule has 0 amide bonds. The van der Waals surface area contributed by atoms with E-state index in [9.17, 15) is 0 Å². The zero-order valence-electron chi connectivity index (χ0n) is 30.0. The van der Waals surface area contributed by atoms with Crippen molar-refractivity contribution in [2.45, 2.75) is 0 Å². The van der Waals surface area contributed by atoms with Crippen LogP contribution in [0.4, 0.5) is 0 Å². The van der Waals surface area contributed by atoms with Gasteiger partial charge in [0.25, 0.3) is 0 Å². The van der Waals surface area contributed by atoms with Crippen LogP contribution in [-0.2, 0) is 0 Å². The fraction of sp³-hybridized carbons (Fsp3) is 0. The van der Waals surface area contributed by atoms with Crippen LogP contribution in [0.2, 0.25) is 0 Å². The number of aromatic nitrogens is 3. The summed E-state index contributed by atoms with van der Waals surface area (Å²) >= 11 is 0. The highest BCUT2D eigenvalue weighted by atomic mass is 15.0. The van der Waals surface area contributed by atoms with Crippen molar-refractivity contribution in [2.24, 2.45) is 0 Å². The zero-order valence-corrected chi connectivity index (χ0v) is 30.0. The average Bonchev–Trinajstić information content (AvgIpc) is 3.95. The predicted octanol–water partition coefficient (Wildman–Crippen LogP) is 13.7. The van der Waals surface area contributed by atoms with Crippen molar-refractivity contribution in [3.63, 3.8) is 0 Å². The van der Waals surface area contributed by atoms with Crippen LogP contribution in [0.3, 0.4) is 0 Å². The molecule has 3 aromatic heterocycles. The lowest BCUT2D eigenvalue weighted by Gasteiger charge is -2.18. The van der Waals surface area contributed by atoms with E-state index in [2.05, 4.69) is 226 Å². The monoisotopic (exact) mass is 701 g/mol. The van der Waals surface area contributed by atoms with Crippen molar-refractivity contribution in [3.8, 4) is 50.7 Å². The molecule has 3 nitrogen and oxygen atoms in total. The molecule has 0 atom stereocenters. The van der Waals surface area contributed by atoms with Crippen LogP contribution in [0.5, 0.6) is 0 Å². The van der Waals surface area contributed by atoms with Crippen molar-refractivity contribution in [2.75, 3.05) is 0 Å². The third-order valence-electron chi connectivity index (χ3n) is 11.0. The maximum absolute atomic E-state index is 2.43. The van der Waals surface area contributed by atoms with Crippen molar-refractivity contribution < 1.29 is 0 Å². The molecule has 11 aromatic rings. The van der Waals surface area contributed by atoms with Gasteiger partial charge in [0.1, 0.15) is 0 Å². The van der Waals surface area contributed by atoms with Crippen LogP contribution in [0, 0.1) is 0 Å². The molecule has 0 aliphatic rings. The Morgan fingerprint density at radius 1 is 0.236 bits per heavy atom. The van der Waals surface area contributed by atoms with E-state index in [1.165, 1.54) is 54.7 Å². The summed E-state index contributed by atoms with van der Waals surface area (Å²) in [7, 11) is 0. The Morgan fingerprint density at radius 2 is 0.655 bits per heavy atom. The van der Waals surface area contributed by atoms with Gasteiger partial charge in [0.2, 0.25) is 0 Å². The summed E-state index contributed by atoms with van der Waals surface area (Å²) in [6, 6.07) is 77.0. The molecular formula is C52H35N3. The summed E-state index contributed by atoms with van der Waals surface area (Å²) in [5, 5.41) is 4.95. The maximum Gasteiger partial charge on any atom is 0.0541 e. The number of benzene rings is 8. The lowest BCUT2D eigenvalue weighted by Crippen LogP contribution is -2.02. The highest BCUT2D eigenvalue weighted by Gasteiger charge is 2.19. The number of fused-ring (bicyclic) bond motifs is 5. The van der Waals surface area contributed by atoms with Gasteiger partial charge in [-0.2, -0.15) is 0 Å². The van der Waals surface area contributed by atoms with Gasteiger partial charge >= 0.3 is 0 Å². The summed E-state index contributed by atoms with van der Waals surface area (Å²) in [4.78, 5) is 0. The molecule has 11 rings (SSSR count). The summed E-state index contributed by atoms with van der Waals surface area (Å²) < 4.78 is 7.24. The molecule has 0 radical (unpaired) electrons. The second-order valence-electron chi connectivity index (χ2n) is 14.2. The van der Waals surface area contributed by atoms with Gasteiger partial charge in [-0.05, 0) is 89.0 Å². The fourth-order valence-corrected chi connectivity index (χ4v) is 8.53. The Bertz CT molecular complexity index is 2990. The molecule has 3 heterocycles. The fourth-order valence-electron chi connectivity index (χ4n) is 8.53. The van der Waals surface area contributed by atoms with Crippen LogP contribution in [0.25, 0.3) is 94.3 Å². The highest BCUT2D eigenvalue weighted by Crippen LogP contribution is 2.39. The van der Waals surface area contributed by atoms with E-state index >= 15 is 0 Å². The summed E-state index contributed by atoms with van der Waals surface area (Å²) in [5.41, 5.74) is 15.1. The minimum absolute atomic E-state index is 1.11. The maximum atomic E-state index is 2.43. The summed E-state index contributed by atoms with van der Waals surface area (Å²) in [6.45, 7) is 0. The molecule has 0 saturated carbocycles. The van der Waals surface area contributed by atoms with Crippen molar-refractivity contribution >= 4 is 43.6 Å². The van der Waals surface area contributed by atoms with E-state index in [4.69, 9.17) is 0 Å². The molecule has 0 aliphatic carbocycles. The van der Waals surface area contributed by atoms with Gasteiger partial charge in [-0.25, -0.2) is 0 Å². The van der Waals surface area contributed by atoms with Gasteiger partial charge in [-0.15, -0.1) is 0 Å². The first-order chi connectivity index (χ1) is 27.3. The second-order valence-corrected chi connectivity index (χ2v) is 14.2. The lowest BCUT2D eigenvalue weighted by molar-refractivity contribution is 1.09. The van der Waals surface area contributed by atoms with Gasteiger partial charge in [0.05, 0.1) is 33.5 Å². The molecular weight excluding hydrogens is 667 g/mol.